The molecule has 0 unspecified atom stereocenters. The van der Waals surface area contributed by atoms with E-state index in [0.29, 0.717) is 11.3 Å². The number of fused-ring (bicyclic) bond motifs is 1. The number of carbonyl (C=O) groups excluding carboxylic acids is 2. The molecule has 0 spiro atoms. The number of amides is 2. The lowest BCUT2D eigenvalue weighted by atomic mass is 9.86. The van der Waals surface area contributed by atoms with E-state index in [9.17, 15) is 9.59 Å². The minimum absolute atomic E-state index is 0.0539. The van der Waals surface area contributed by atoms with E-state index in [1.54, 1.807) is 36.3 Å². The fourth-order valence-corrected chi connectivity index (χ4v) is 2.75. The van der Waals surface area contributed by atoms with Crippen molar-refractivity contribution in [2.24, 2.45) is 0 Å². The Morgan fingerprint density at radius 3 is 2.73 bits per heavy atom. The number of benzene rings is 1. The van der Waals surface area contributed by atoms with Crippen molar-refractivity contribution in [2.75, 3.05) is 17.3 Å². The van der Waals surface area contributed by atoms with Crippen molar-refractivity contribution >= 4 is 23.2 Å². The largest absolute Gasteiger partial charge is 0.322 e. The first-order chi connectivity index (χ1) is 10.4. The van der Waals surface area contributed by atoms with Crippen LogP contribution in [0.4, 0.5) is 11.4 Å². The lowest BCUT2D eigenvalue weighted by Crippen LogP contribution is -2.33. The molecule has 22 heavy (non-hydrogen) atoms. The van der Waals surface area contributed by atoms with Crippen LogP contribution in [0, 0.1) is 0 Å². The average Bonchev–Trinajstić information content (AvgIpc) is 2.69. The molecule has 2 aromatic rings. The highest BCUT2D eigenvalue weighted by atomic mass is 16.2. The maximum Gasteiger partial charge on any atom is 0.257 e. The van der Waals surface area contributed by atoms with Crippen LogP contribution in [0.2, 0.25) is 0 Å². The standard InChI is InChI=1S/C17H17N3O2/c1-17(2)13-9-12(6-7-14(13)20(3)16(17)22)19-15(21)11-5-4-8-18-10-11/h4-10H,1-3H3,(H,19,21). The second-order valence-electron chi connectivity index (χ2n) is 5.92. The van der Waals surface area contributed by atoms with Crippen molar-refractivity contribution in [3.8, 4) is 0 Å². The van der Waals surface area contributed by atoms with Crippen LogP contribution < -0.4 is 10.2 Å². The molecule has 0 bridgehead atoms. The van der Waals surface area contributed by atoms with Gasteiger partial charge in [-0.2, -0.15) is 0 Å². The Morgan fingerprint density at radius 1 is 1.27 bits per heavy atom. The van der Waals surface area contributed by atoms with E-state index in [2.05, 4.69) is 10.3 Å². The number of pyridine rings is 1. The van der Waals surface area contributed by atoms with E-state index in [-0.39, 0.29) is 11.8 Å². The van der Waals surface area contributed by atoms with Gasteiger partial charge in [0.2, 0.25) is 5.91 Å². The molecule has 112 valence electrons. The Labute approximate surface area is 129 Å². The van der Waals surface area contributed by atoms with Crippen LogP contribution in [-0.4, -0.2) is 23.8 Å². The minimum Gasteiger partial charge on any atom is -0.322 e. The topological polar surface area (TPSA) is 62.3 Å². The summed E-state index contributed by atoms with van der Waals surface area (Å²) in [6.45, 7) is 3.79. The van der Waals surface area contributed by atoms with E-state index in [1.165, 1.54) is 6.20 Å². The van der Waals surface area contributed by atoms with E-state index in [1.807, 2.05) is 26.0 Å². The third-order valence-corrected chi connectivity index (χ3v) is 4.05. The molecule has 1 aromatic heterocycles. The van der Waals surface area contributed by atoms with Gasteiger partial charge in [-0.3, -0.25) is 14.6 Å². The molecular formula is C17H17N3O2. The van der Waals surface area contributed by atoms with Crippen molar-refractivity contribution in [3.63, 3.8) is 0 Å². The van der Waals surface area contributed by atoms with Crippen LogP contribution in [0.15, 0.2) is 42.7 Å². The number of carbonyl (C=O) groups is 2. The van der Waals surface area contributed by atoms with Gasteiger partial charge in [-0.25, -0.2) is 0 Å². The highest BCUT2D eigenvalue weighted by Crippen LogP contribution is 2.41. The van der Waals surface area contributed by atoms with Gasteiger partial charge in [0, 0.05) is 30.8 Å². The molecule has 2 heterocycles. The van der Waals surface area contributed by atoms with Crippen LogP contribution in [0.5, 0.6) is 0 Å². The van der Waals surface area contributed by atoms with Crippen molar-refractivity contribution in [3.05, 3.63) is 53.9 Å². The maximum atomic E-state index is 12.3. The van der Waals surface area contributed by atoms with E-state index in [4.69, 9.17) is 0 Å². The summed E-state index contributed by atoms with van der Waals surface area (Å²) < 4.78 is 0. The first kappa shape index (κ1) is 14.3. The zero-order valence-corrected chi connectivity index (χ0v) is 12.8. The number of likely N-dealkylation sites (N-methyl/N-ethyl adjacent to an activating group) is 1. The van der Waals surface area contributed by atoms with E-state index in [0.717, 1.165) is 11.3 Å². The second kappa shape index (κ2) is 4.94. The predicted molar refractivity (Wildman–Crippen MR) is 85.1 cm³/mol. The molecule has 0 aliphatic carbocycles. The number of anilines is 2. The van der Waals surface area contributed by atoms with Gasteiger partial charge in [0.05, 0.1) is 11.0 Å². The fraction of sp³-hybridized carbons (Fsp3) is 0.235. The summed E-state index contributed by atoms with van der Waals surface area (Å²) in [5.74, 6) is -0.165. The van der Waals surface area contributed by atoms with Crippen molar-refractivity contribution < 1.29 is 9.59 Å². The molecule has 1 aromatic carbocycles. The summed E-state index contributed by atoms with van der Waals surface area (Å²) in [4.78, 5) is 30.0. The van der Waals surface area contributed by atoms with E-state index < -0.39 is 5.41 Å². The van der Waals surface area contributed by atoms with Gasteiger partial charge >= 0.3 is 0 Å². The molecule has 0 saturated carbocycles. The average molecular weight is 295 g/mol. The highest BCUT2D eigenvalue weighted by molar-refractivity contribution is 6.08. The zero-order chi connectivity index (χ0) is 15.9. The Kier molecular flexibility index (Phi) is 3.20. The van der Waals surface area contributed by atoms with Crippen LogP contribution in [-0.2, 0) is 10.2 Å². The van der Waals surface area contributed by atoms with Gasteiger partial charge in [0.15, 0.2) is 0 Å². The SMILES string of the molecule is CN1C(=O)C(C)(C)c2cc(NC(=O)c3cccnc3)ccc21. The summed E-state index contributed by atoms with van der Waals surface area (Å²) >= 11 is 0. The van der Waals surface area contributed by atoms with Crippen molar-refractivity contribution in [2.45, 2.75) is 19.3 Å². The summed E-state index contributed by atoms with van der Waals surface area (Å²) in [6, 6.07) is 8.95. The second-order valence-corrected chi connectivity index (χ2v) is 5.92. The number of aromatic nitrogens is 1. The highest BCUT2D eigenvalue weighted by Gasteiger charge is 2.42. The Bertz CT molecular complexity index is 754. The molecule has 1 aliphatic heterocycles. The Hall–Kier alpha value is -2.69. The third-order valence-electron chi connectivity index (χ3n) is 4.05. The first-order valence-electron chi connectivity index (χ1n) is 7.05. The number of nitrogens with zero attached hydrogens (tertiary/aromatic N) is 2. The molecule has 0 fully saturated rings. The molecule has 1 aliphatic rings. The molecule has 0 atom stereocenters. The molecule has 5 nitrogen and oxygen atoms in total. The molecule has 5 heteroatoms. The lowest BCUT2D eigenvalue weighted by Gasteiger charge is -2.16. The lowest BCUT2D eigenvalue weighted by molar-refractivity contribution is -0.121. The monoisotopic (exact) mass is 295 g/mol. The van der Waals surface area contributed by atoms with Gasteiger partial charge in [0.1, 0.15) is 0 Å². The van der Waals surface area contributed by atoms with Crippen LogP contribution >= 0.6 is 0 Å². The number of nitrogens with one attached hydrogen (secondary N) is 1. The van der Waals surface area contributed by atoms with Crippen LogP contribution in [0.25, 0.3) is 0 Å². The molecule has 1 N–H and O–H groups in total. The number of hydrogen-bond donors (Lipinski definition) is 1. The molecule has 2 amide bonds. The summed E-state index contributed by atoms with van der Waals surface area (Å²) in [6.07, 6.45) is 3.14. The number of hydrogen-bond acceptors (Lipinski definition) is 3. The normalized spacial score (nSPS) is 15.6. The summed E-state index contributed by atoms with van der Waals surface area (Å²) in [5.41, 5.74) is 2.39. The first-order valence-corrected chi connectivity index (χ1v) is 7.05. The fourth-order valence-electron chi connectivity index (χ4n) is 2.75. The molecular weight excluding hydrogens is 278 g/mol. The van der Waals surface area contributed by atoms with Crippen LogP contribution in [0.3, 0.4) is 0 Å². The van der Waals surface area contributed by atoms with Crippen LogP contribution in [0.1, 0.15) is 29.8 Å². The maximum absolute atomic E-state index is 12.3. The smallest absolute Gasteiger partial charge is 0.257 e. The van der Waals surface area contributed by atoms with Crippen molar-refractivity contribution in [1.82, 2.24) is 4.98 Å². The minimum atomic E-state index is -0.584. The summed E-state index contributed by atoms with van der Waals surface area (Å²) in [7, 11) is 1.77. The predicted octanol–water partition coefficient (Wildman–Crippen LogP) is 2.59. The quantitative estimate of drug-likeness (QED) is 0.926. The van der Waals surface area contributed by atoms with Gasteiger partial charge in [-0.05, 0) is 49.7 Å². The molecule has 3 rings (SSSR count). The van der Waals surface area contributed by atoms with Crippen molar-refractivity contribution in [1.29, 1.82) is 0 Å². The summed E-state index contributed by atoms with van der Waals surface area (Å²) in [5, 5.41) is 2.85. The number of rotatable bonds is 2. The third kappa shape index (κ3) is 2.15. The molecule has 0 saturated heterocycles. The Balaban J connectivity index is 1.91. The van der Waals surface area contributed by atoms with E-state index >= 15 is 0 Å². The zero-order valence-electron chi connectivity index (χ0n) is 12.8. The molecule has 0 radical (unpaired) electrons. The van der Waals surface area contributed by atoms with Gasteiger partial charge in [-0.15, -0.1) is 0 Å². The van der Waals surface area contributed by atoms with Gasteiger partial charge in [0.25, 0.3) is 5.91 Å². The van der Waals surface area contributed by atoms with Gasteiger partial charge < -0.3 is 10.2 Å². The Morgan fingerprint density at radius 2 is 2.05 bits per heavy atom. The van der Waals surface area contributed by atoms with Gasteiger partial charge in [-0.1, -0.05) is 0 Å².